The molecule has 3 atom stereocenters. The van der Waals surface area contributed by atoms with Crippen LogP contribution < -0.4 is 5.73 Å². The van der Waals surface area contributed by atoms with Crippen molar-refractivity contribution in [1.82, 2.24) is 4.90 Å². The molecule has 1 fully saturated rings. The van der Waals surface area contributed by atoms with Crippen molar-refractivity contribution in [3.05, 3.63) is 0 Å². The minimum Gasteiger partial charge on any atom is -0.383 e. The SMILES string of the molecule is CCC(C)N(CCOC)CC1CCC(N)C1. The molecule has 16 heavy (non-hydrogen) atoms. The van der Waals surface area contributed by atoms with E-state index in [1.54, 1.807) is 7.11 Å². The summed E-state index contributed by atoms with van der Waals surface area (Å²) in [5.74, 6) is 0.806. The van der Waals surface area contributed by atoms with Crippen LogP contribution in [0.4, 0.5) is 0 Å². The number of nitrogens with zero attached hydrogens (tertiary/aromatic N) is 1. The molecule has 3 nitrogen and oxygen atoms in total. The van der Waals surface area contributed by atoms with E-state index in [2.05, 4.69) is 18.7 Å². The Balaban J connectivity index is 2.36. The number of hydrogen-bond acceptors (Lipinski definition) is 3. The molecular weight excluding hydrogens is 200 g/mol. The first-order valence-corrected chi connectivity index (χ1v) is 6.65. The maximum Gasteiger partial charge on any atom is 0.0589 e. The molecule has 3 unspecified atom stereocenters. The van der Waals surface area contributed by atoms with Crippen molar-refractivity contribution in [2.45, 2.75) is 51.6 Å². The lowest BCUT2D eigenvalue weighted by atomic mass is 10.1. The number of hydrogen-bond donors (Lipinski definition) is 1. The summed E-state index contributed by atoms with van der Waals surface area (Å²) in [5.41, 5.74) is 5.97. The van der Waals surface area contributed by atoms with E-state index in [0.717, 1.165) is 19.1 Å². The van der Waals surface area contributed by atoms with Crippen molar-refractivity contribution in [1.29, 1.82) is 0 Å². The first-order chi connectivity index (χ1) is 7.67. The van der Waals surface area contributed by atoms with Crippen LogP contribution in [0.5, 0.6) is 0 Å². The summed E-state index contributed by atoms with van der Waals surface area (Å²) in [4.78, 5) is 2.56. The molecule has 1 rings (SSSR count). The van der Waals surface area contributed by atoms with E-state index in [9.17, 15) is 0 Å². The van der Waals surface area contributed by atoms with E-state index in [0.29, 0.717) is 12.1 Å². The zero-order valence-electron chi connectivity index (χ0n) is 11.1. The Hall–Kier alpha value is -0.120. The zero-order valence-corrected chi connectivity index (χ0v) is 11.1. The minimum absolute atomic E-state index is 0.450. The molecule has 1 saturated carbocycles. The maximum absolute atomic E-state index is 5.97. The van der Waals surface area contributed by atoms with Crippen LogP contribution in [0.2, 0.25) is 0 Å². The van der Waals surface area contributed by atoms with Crippen LogP contribution in [0, 0.1) is 5.92 Å². The fraction of sp³-hybridized carbons (Fsp3) is 1.00. The molecule has 0 heterocycles. The smallest absolute Gasteiger partial charge is 0.0589 e. The molecule has 0 aromatic carbocycles. The van der Waals surface area contributed by atoms with Crippen molar-refractivity contribution in [3.63, 3.8) is 0 Å². The quantitative estimate of drug-likeness (QED) is 0.723. The van der Waals surface area contributed by atoms with Crippen molar-refractivity contribution < 1.29 is 4.74 Å². The van der Waals surface area contributed by atoms with Gasteiger partial charge in [-0.3, -0.25) is 4.90 Å². The van der Waals surface area contributed by atoms with Gasteiger partial charge in [-0.15, -0.1) is 0 Å². The highest BCUT2D eigenvalue weighted by molar-refractivity contribution is 4.81. The molecular formula is C13H28N2O. The summed E-state index contributed by atoms with van der Waals surface area (Å²) in [6, 6.07) is 1.11. The van der Waals surface area contributed by atoms with Gasteiger partial charge in [0.15, 0.2) is 0 Å². The van der Waals surface area contributed by atoms with Gasteiger partial charge in [0, 0.05) is 32.3 Å². The second-order valence-corrected chi connectivity index (χ2v) is 5.18. The fourth-order valence-corrected chi connectivity index (χ4v) is 2.57. The second kappa shape index (κ2) is 7.25. The normalized spacial score (nSPS) is 27.6. The van der Waals surface area contributed by atoms with Gasteiger partial charge >= 0.3 is 0 Å². The number of nitrogens with two attached hydrogens (primary N) is 1. The van der Waals surface area contributed by atoms with E-state index in [1.165, 1.54) is 32.2 Å². The highest BCUT2D eigenvalue weighted by Gasteiger charge is 2.25. The molecule has 1 aliphatic rings. The molecule has 3 heteroatoms. The van der Waals surface area contributed by atoms with Gasteiger partial charge in [0.1, 0.15) is 0 Å². The van der Waals surface area contributed by atoms with E-state index in [4.69, 9.17) is 10.5 Å². The predicted molar refractivity (Wildman–Crippen MR) is 68.5 cm³/mol. The van der Waals surface area contributed by atoms with Gasteiger partial charge in [0.05, 0.1) is 6.61 Å². The van der Waals surface area contributed by atoms with Gasteiger partial charge in [-0.05, 0) is 38.5 Å². The van der Waals surface area contributed by atoms with Crippen LogP contribution in [0.15, 0.2) is 0 Å². The Morgan fingerprint density at radius 2 is 2.19 bits per heavy atom. The third kappa shape index (κ3) is 4.40. The lowest BCUT2D eigenvalue weighted by Gasteiger charge is -2.30. The topological polar surface area (TPSA) is 38.5 Å². The van der Waals surface area contributed by atoms with Gasteiger partial charge < -0.3 is 10.5 Å². The van der Waals surface area contributed by atoms with Gasteiger partial charge in [0.2, 0.25) is 0 Å². The number of ether oxygens (including phenoxy) is 1. The summed E-state index contributed by atoms with van der Waals surface area (Å²) in [7, 11) is 1.78. The number of rotatable bonds is 7. The highest BCUT2D eigenvalue weighted by Crippen LogP contribution is 2.25. The average molecular weight is 228 g/mol. The van der Waals surface area contributed by atoms with Crippen LogP contribution in [-0.4, -0.2) is 43.8 Å². The molecule has 0 aromatic rings. The Bertz CT molecular complexity index is 187. The molecule has 2 N–H and O–H groups in total. The van der Waals surface area contributed by atoms with Gasteiger partial charge in [0.25, 0.3) is 0 Å². The molecule has 1 aliphatic carbocycles. The molecule has 0 aromatic heterocycles. The highest BCUT2D eigenvalue weighted by atomic mass is 16.5. The van der Waals surface area contributed by atoms with E-state index < -0.39 is 0 Å². The second-order valence-electron chi connectivity index (χ2n) is 5.18. The van der Waals surface area contributed by atoms with Crippen LogP contribution in [0.3, 0.4) is 0 Å². The lowest BCUT2D eigenvalue weighted by molar-refractivity contribution is 0.110. The van der Waals surface area contributed by atoms with Crippen molar-refractivity contribution >= 4 is 0 Å². The molecule has 0 aliphatic heterocycles. The third-order valence-corrected chi connectivity index (χ3v) is 3.87. The van der Waals surface area contributed by atoms with Crippen molar-refractivity contribution in [3.8, 4) is 0 Å². The Morgan fingerprint density at radius 3 is 2.69 bits per heavy atom. The standard InChI is InChI=1S/C13H28N2O/c1-4-11(2)15(7-8-16-3)10-12-5-6-13(14)9-12/h11-13H,4-10,14H2,1-3H3. The predicted octanol–water partition coefficient (Wildman–Crippen LogP) is 1.86. The fourth-order valence-electron chi connectivity index (χ4n) is 2.57. The summed E-state index contributed by atoms with van der Waals surface area (Å²) in [5, 5.41) is 0. The van der Waals surface area contributed by atoms with E-state index in [-0.39, 0.29) is 0 Å². The van der Waals surface area contributed by atoms with Gasteiger partial charge in [-0.25, -0.2) is 0 Å². The Labute approximate surface area is 100 Å². The van der Waals surface area contributed by atoms with Crippen LogP contribution in [-0.2, 0) is 4.74 Å². The largest absolute Gasteiger partial charge is 0.383 e. The Kier molecular flexibility index (Phi) is 6.32. The zero-order chi connectivity index (χ0) is 12.0. The van der Waals surface area contributed by atoms with Crippen LogP contribution in [0.1, 0.15) is 39.5 Å². The lowest BCUT2D eigenvalue weighted by Crippen LogP contribution is -2.38. The monoisotopic (exact) mass is 228 g/mol. The van der Waals surface area contributed by atoms with Crippen molar-refractivity contribution in [2.24, 2.45) is 11.7 Å². The average Bonchev–Trinajstić information content (AvgIpc) is 2.69. The summed E-state index contributed by atoms with van der Waals surface area (Å²) in [6.45, 7) is 7.65. The minimum atomic E-state index is 0.450. The summed E-state index contributed by atoms with van der Waals surface area (Å²) >= 11 is 0. The van der Waals surface area contributed by atoms with E-state index >= 15 is 0 Å². The van der Waals surface area contributed by atoms with E-state index in [1.807, 2.05) is 0 Å². The third-order valence-electron chi connectivity index (χ3n) is 3.87. The molecule has 0 amide bonds. The Morgan fingerprint density at radius 1 is 1.44 bits per heavy atom. The first kappa shape index (κ1) is 13.9. The van der Waals surface area contributed by atoms with Gasteiger partial charge in [-0.1, -0.05) is 6.92 Å². The van der Waals surface area contributed by atoms with Crippen LogP contribution >= 0.6 is 0 Å². The van der Waals surface area contributed by atoms with Crippen LogP contribution in [0.25, 0.3) is 0 Å². The molecule has 0 radical (unpaired) electrons. The van der Waals surface area contributed by atoms with Crippen molar-refractivity contribution in [2.75, 3.05) is 26.8 Å². The molecule has 0 saturated heterocycles. The summed E-state index contributed by atoms with van der Waals surface area (Å²) < 4.78 is 5.19. The molecule has 0 spiro atoms. The maximum atomic E-state index is 5.97. The summed E-state index contributed by atoms with van der Waals surface area (Å²) in [6.07, 6.45) is 4.94. The first-order valence-electron chi connectivity index (χ1n) is 6.65. The molecule has 0 bridgehead atoms. The van der Waals surface area contributed by atoms with Gasteiger partial charge in [-0.2, -0.15) is 0 Å². The number of methoxy groups -OCH3 is 1. The molecule has 96 valence electrons.